The molecule has 0 aliphatic carbocycles. The number of hydrogen-bond donors (Lipinski definition) is 2. The van der Waals surface area contributed by atoms with Crippen LogP contribution in [0.4, 0.5) is 0 Å². The molecule has 34 heavy (non-hydrogen) atoms. The van der Waals surface area contributed by atoms with Gasteiger partial charge in [-0.15, -0.1) is 0 Å². The summed E-state index contributed by atoms with van der Waals surface area (Å²) in [5.41, 5.74) is 4.90. The first-order valence-electron chi connectivity index (χ1n) is 11.3. The first kappa shape index (κ1) is 24.0. The van der Waals surface area contributed by atoms with Crippen molar-refractivity contribution in [2.45, 2.75) is 53.3 Å². The maximum absolute atomic E-state index is 13.7. The number of carbonyl (C=O) groups excluding carboxylic acids is 1. The Morgan fingerprint density at radius 2 is 2.03 bits per heavy atom. The number of aromatic nitrogens is 3. The largest absolute Gasteiger partial charge is 0.489 e. The number of carbonyl (C=O) groups is 1. The zero-order valence-corrected chi connectivity index (χ0v) is 20.6. The highest BCUT2D eigenvalue weighted by Gasteiger charge is 2.32. The predicted molar refractivity (Wildman–Crippen MR) is 131 cm³/mol. The molecule has 1 aliphatic heterocycles. The SMILES string of the molecule is Cc1cc(C)c(CN2CCc3c(-c4cnn(CCO)c4)cc(OC(C)C)c(Cl)c3C2=O)c(=O)[nH]1. The topological polar surface area (TPSA) is 100 Å². The van der Waals surface area contributed by atoms with Crippen LogP contribution in [0.1, 0.15) is 46.6 Å². The average molecular weight is 485 g/mol. The van der Waals surface area contributed by atoms with Crippen LogP contribution in [0.3, 0.4) is 0 Å². The molecule has 1 aromatic carbocycles. The average Bonchev–Trinajstić information content (AvgIpc) is 3.22. The summed E-state index contributed by atoms with van der Waals surface area (Å²) in [5.74, 6) is 0.198. The van der Waals surface area contributed by atoms with E-state index in [0.29, 0.717) is 36.4 Å². The van der Waals surface area contributed by atoms with Crippen molar-refractivity contribution >= 4 is 17.5 Å². The van der Waals surface area contributed by atoms with Crippen molar-refractivity contribution < 1.29 is 14.6 Å². The highest BCUT2D eigenvalue weighted by atomic mass is 35.5. The number of rotatable bonds is 7. The molecule has 1 aliphatic rings. The van der Waals surface area contributed by atoms with Crippen molar-refractivity contribution in [2.75, 3.05) is 13.2 Å². The van der Waals surface area contributed by atoms with Crippen LogP contribution in [0.15, 0.2) is 29.3 Å². The second-order valence-corrected chi connectivity index (χ2v) is 9.27. The van der Waals surface area contributed by atoms with Gasteiger partial charge in [-0.1, -0.05) is 11.6 Å². The van der Waals surface area contributed by atoms with Crippen LogP contribution < -0.4 is 10.3 Å². The van der Waals surface area contributed by atoms with E-state index in [1.165, 1.54) is 0 Å². The number of benzene rings is 1. The van der Waals surface area contributed by atoms with Gasteiger partial charge in [-0.05, 0) is 62.9 Å². The summed E-state index contributed by atoms with van der Waals surface area (Å²) in [7, 11) is 0. The van der Waals surface area contributed by atoms with E-state index in [9.17, 15) is 14.7 Å². The molecule has 0 spiro atoms. The Morgan fingerprint density at radius 3 is 2.71 bits per heavy atom. The number of nitrogens with zero attached hydrogens (tertiary/aromatic N) is 3. The van der Waals surface area contributed by atoms with Gasteiger partial charge in [0.1, 0.15) is 5.75 Å². The number of aliphatic hydroxyl groups excluding tert-OH is 1. The van der Waals surface area contributed by atoms with Gasteiger partial charge in [-0.2, -0.15) is 5.10 Å². The number of amides is 1. The molecule has 3 heterocycles. The fourth-order valence-corrected chi connectivity index (χ4v) is 4.70. The normalized spacial score (nSPS) is 13.5. The Labute approximate surface area is 203 Å². The summed E-state index contributed by atoms with van der Waals surface area (Å²) >= 11 is 6.74. The van der Waals surface area contributed by atoms with Gasteiger partial charge in [-0.25, -0.2) is 0 Å². The molecular formula is C25H29ClN4O4. The predicted octanol–water partition coefficient (Wildman–Crippen LogP) is 3.49. The molecule has 0 bridgehead atoms. The molecule has 0 atom stereocenters. The molecule has 3 aromatic rings. The summed E-state index contributed by atoms with van der Waals surface area (Å²) in [6.45, 7) is 8.52. The molecule has 1 amide bonds. The van der Waals surface area contributed by atoms with Gasteiger partial charge in [-0.3, -0.25) is 14.3 Å². The molecule has 8 nitrogen and oxygen atoms in total. The second kappa shape index (κ2) is 9.64. The molecular weight excluding hydrogens is 456 g/mol. The van der Waals surface area contributed by atoms with Crippen LogP contribution in [0, 0.1) is 13.8 Å². The fourth-order valence-electron chi connectivity index (χ4n) is 4.41. The third-order valence-electron chi connectivity index (χ3n) is 5.95. The third kappa shape index (κ3) is 4.60. The lowest BCUT2D eigenvalue weighted by Gasteiger charge is -2.31. The maximum Gasteiger partial charge on any atom is 0.256 e. The number of hydrogen-bond acceptors (Lipinski definition) is 5. The number of aromatic amines is 1. The molecule has 0 saturated carbocycles. The molecule has 0 unspecified atom stereocenters. The van der Waals surface area contributed by atoms with Crippen LogP contribution in [0.5, 0.6) is 5.75 Å². The number of fused-ring (bicyclic) bond motifs is 1. The lowest BCUT2D eigenvalue weighted by Crippen LogP contribution is -2.39. The van der Waals surface area contributed by atoms with E-state index in [1.54, 1.807) is 15.8 Å². The molecule has 0 radical (unpaired) electrons. The molecule has 0 fully saturated rings. The standard InChI is InChI=1S/C25H29ClN4O4/c1-14(2)34-21-10-19(17-11-27-30(12-17)7-8-31)18-5-6-29(25(33)22(18)23(21)26)13-20-15(3)9-16(4)28-24(20)32/h9-12,14,31H,5-8,13H2,1-4H3,(H,28,32). The zero-order valence-electron chi connectivity index (χ0n) is 19.8. The number of halogens is 1. The molecule has 2 N–H and O–H groups in total. The highest BCUT2D eigenvalue weighted by Crippen LogP contribution is 2.41. The number of aliphatic hydroxyl groups is 1. The van der Waals surface area contributed by atoms with Gasteiger partial charge in [0.05, 0.1) is 42.6 Å². The fraction of sp³-hybridized carbons (Fsp3) is 0.400. The summed E-state index contributed by atoms with van der Waals surface area (Å²) in [6, 6.07) is 3.77. The molecule has 4 rings (SSSR count). The van der Waals surface area contributed by atoms with Crippen molar-refractivity contribution in [1.29, 1.82) is 0 Å². The minimum absolute atomic E-state index is 0.0213. The van der Waals surface area contributed by atoms with E-state index < -0.39 is 0 Å². The second-order valence-electron chi connectivity index (χ2n) is 8.89. The van der Waals surface area contributed by atoms with E-state index in [-0.39, 0.29) is 35.7 Å². The smallest absolute Gasteiger partial charge is 0.256 e. The first-order chi connectivity index (χ1) is 16.2. The van der Waals surface area contributed by atoms with E-state index in [4.69, 9.17) is 16.3 Å². The van der Waals surface area contributed by atoms with Crippen molar-refractivity contribution in [3.63, 3.8) is 0 Å². The Balaban J connectivity index is 1.78. The van der Waals surface area contributed by atoms with Gasteiger partial charge in [0.25, 0.3) is 11.5 Å². The number of ether oxygens (including phenoxy) is 1. The molecule has 0 saturated heterocycles. The van der Waals surface area contributed by atoms with Crippen LogP contribution in [0.25, 0.3) is 11.1 Å². The Bertz CT molecular complexity index is 1290. The summed E-state index contributed by atoms with van der Waals surface area (Å²) in [5, 5.41) is 13.8. The summed E-state index contributed by atoms with van der Waals surface area (Å²) in [6.07, 6.45) is 3.99. The highest BCUT2D eigenvalue weighted by molar-refractivity contribution is 6.35. The Hall–Kier alpha value is -3.10. The monoisotopic (exact) mass is 484 g/mol. The van der Waals surface area contributed by atoms with Crippen molar-refractivity contribution in [3.8, 4) is 16.9 Å². The lowest BCUT2D eigenvalue weighted by molar-refractivity contribution is 0.0725. The minimum Gasteiger partial charge on any atom is -0.489 e. The Morgan fingerprint density at radius 1 is 1.26 bits per heavy atom. The summed E-state index contributed by atoms with van der Waals surface area (Å²) in [4.78, 5) is 30.7. The zero-order chi connectivity index (χ0) is 24.6. The van der Waals surface area contributed by atoms with E-state index in [0.717, 1.165) is 27.9 Å². The van der Waals surface area contributed by atoms with Crippen molar-refractivity contribution in [3.05, 3.63) is 67.9 Å². The van der Waals surface area contributed by atoms with E-state index in [1.807, 2.05) is 46.0 Å². The van der Waals surface area contributed by atoms with Crippen LogP contribution in [0.2, 0.25) is 5.02 Å². The summed E-state index contributed by atoms with van der Waals surface area (Å²) < 4.78 is 7.61. The minimum atomic E-state index is -0.233. The first-order valence-corrected chi connectivity index (χ1v) is 11.7. The molecule has 2 aromatic heterocycles. The maximum atomic E-state index is 13.7. The quantitative estimate of drug-likeness (QED) is 0.534. The lowest BCUT2D eigenvalue weighted by atomic mass is 9.90. The van der Waals surface area contributed by atoms with E-state index in [2.05, 4.69) is 10.1 Å². The van der Waals surface area contributed by atoms with Gasteiger partial charge < -0.3 is 19.7 Å². The van der Waals surface area contributed by atoms with Crippen LogP contribution in [-0.4, -0.2) is 49.9 Å². The van der Waals surface area contributed by atoms with Crippen molar-refractivity contribution in [2.24, 2.45) is 0 Å². The van der Waals surface area contributed by atoms with E-state index >= 15 is 0 Å². The molecule has 180 valence electrons. The van der Waals surface area contributed by atoms with Crippen molar-refractivity contribution in [1.82, 2.24) is 19.7 Å². The number of pyridine rings is 1. The Kier molecular flexibility index (Phi) is 6.81. The number of nitrogens with one attached hydrogen (secondary N) is 1. The van der Waals surface area contributed by atoms with Gasteiger partial charge >= 0.3 is 0 Å². The van der Waals surface area contributed by atoms with Gasteiger partial charge in [0.2, 0.25) is 0 Å². The van der Waals surface area contributed by atoms with Gasteiger partial charge in [0.15, 0.2) is 0 Å². The number of aryl methyl sites for hydroxylation is 2. The molecule has 9 heteroatoms. The number of H-pyrrole nitrogens is 1. The van der Waals surface area contributed by atoms with Gasteiger partial charge in [0, 0.05) is 29.6 Å². The van der Waals surface area contributed by atoms with Crippen LogP contribution >= 0.6 is 11.6 Å². The van der Waals surface area contributed by atoms with Crippen LogP contribution in [-0.2, 0) is 19.5 Å². The third-order valence-corrected chi connectivity index (χ3v) is 6.32.